The Morgan fingerprint density at radius 2 is 2.40 bits per heavy atom. The molecule has 3 rings (SSSR count). The summed E-state index contributed by atoms with van der Waals surface area (Å²) in [7, 11) is 2.11. The van der Waals surface area contributed by atoms with Crippen molar-refractivity contribution in [3.05, 3.63) is 33.0 Å². The van der Waals surface area contributed by atoms with Gasteiger partial charge in [-0.05, 0) is 37.6 Å². The molecule has 0 aliphatic heterocycles. The lowest BCUT2D eigenvalue weighted by Gasteiger charge is -2.23. The first-order chi connectivity index (χ1) is 9.65. The van der Waals surface area contributed by atoms with Gasteiger partial charge in [-0.3, -0.25) is 0 Å². The lowest BCUT2D eigenvalue weighted by molar-refractivity contribution is 0.153. The summed E-state index contributed by atoms with van der Waals surface area (Å²) in [5, 5.41) is 13.2. The number of aromatic nitrogens is 1. The van der Waals surface area contributed by atoms with Crippen LogP contribution in [0.2, 0.25) is 0 Å². The average molecular weight is 308 g/mol. The Labute approximate surface area is 127 Å². The topological polar surface area (TPSA) is 36.4 Å². The molecule has 0 fully saturated rings. The zero-order valence-corrected chi connectivity index (χ0v) is 13.5. The van der Waals surface area contributed by atoms with Gasteiger partial charge in [0.1, 0.15) is 0 Å². The molecule has 20 heavy (non-hydrogen) atoms. The number of thiazole rings is 1. The number of rotatable bonds is 4. The first-order valence-corrected chi connectivity index (χ1v) is 8.77. The van der Waals surface area contributed by atoms with E-state index in [-0.39, 0.29) is 6.10 Å². The largest absolute Gasteiger partial charge is 0.387 e. The highest BCUT2D eigenvalue weighted by atomic mass is 32.1. The van der Waals surface area contributed by atoms with Crippen LogP contribution >= 0.6 is 22.7 Å². The zero-order valence-electron chi connectivity index (χ0n) is 11.9. The molecular formula is C15H20N2OS2. The Morgan fingerprint density at radius 1 is 1.55 bits per heavy atom. The minimum absolute atomic E-state index is 0.357. The molecule has 2 atom stereocenters. The van der Waals surface area contributed by atoms with Crippen LogP contribution in [-0.2, 0) is 12.8 Å². The smallest absolute Gasteiger partial charge is 0.185 e. The molecule has 2 unspecified atom stereocenters. The molecule has 1 aliphatic carbocycles. The zero-order chi connectivity index (χ0) is 14.1. The first-order valence-electron chi connectivity index (χ1n) is 7.08. The first kappa shape index (κ1) is 14.0. The van der Waals surface area contributed by atoms with E-state index in [1.165, 1.54) is 9.75 Å². The second kappa shape index (κ2) is 5.84. The van der Waals surface area contributed by atoms with Gasteiger partial charge in [0.05, 0.1) is 11.8 Å². The average Bonchev–Trinajstić information content (AvgIpc) is 3.07. The number of thiophene rings is 1. The summed E-state index contributed by atoms with van der Waals surface area (Å²) in [6, 6.07) is 4.70. The molecule has 0 radical (unpaired) electrons. The van der Waals surface area contributed by atoms with Gasteiger partial charge < -0.3 is 10.0 Å². The molecule has 0 amide bonds. The SMILES string of the molecule is CC(Cc1cccs1)N(C)c1nc2c(s1)CCCC2O. The van der Waals surface area contributed by atoms with Crippen LogP contribution < -0.4 is 4.90 Å². The van der Waals surface area contributed by atoms with Crippen molar-refractivity contribution in [2.45, 2.75) is 44.8 Å². The van der Waals surface area contributed by atoms with Gasteiger partial charge in [0, 0.05) is 29.3 Å². The van der Waals surface area contributed by atoms with Crippen molar-refractivity contribution >= 4 is 27.8 Å². The summed E-state index contributed by atoms with van der Waals surface area (Å²) in [4.78, 5) is 9.61. The summed E-state index contributed by atoms with van der Waals surface area (Å²) in [6.07, 6.45) is 3.68. The number of hydrogen-bond acceptors (Lipinski definition) is 5. The van der Waals surface area contributed by atoms with E-state index in [0.717, 1.165) is 36.5 Å². The van der Waals surface area contributed by atoms with Gasteiger partial charge in [-0.15, -0.1) is 22.7 Å². The highest BCUT2D eigenvalue weighted by Crippen LogP contribution is 2.36. The van der Waals surface area contributed by atoms with E-state index in [1.54, 1.807) is 11.3 Å². The van der Waals surface area contributed by atoms with Crippen molar-refractivity contribution < 1.29 is 5.11 Å². The predicted octanol–water partition coefficient (Wildman–Crippen LogP) is 3.64. The number of aliphatic hydroxyl groups is 1. The number of fused-ring (bicyclic) bond motifs is 1. The fraction of sp³-hybridized carbons (Fsp3) is 0.533. The van der Waals surface area contributed by atoms with Gasteiger partial charge in [0.2, 0.25) is 0 Å². The Hall–Kier alpha value is -0.910. The summed E-state index contributed by atoms with van der Waals surface area (Å²) in [6.45, 7) is 2.23. The van der Waals surface area contributed by atoms with Crippen LogP contribution in [0.25, 0.3) is 0 Å². The lowest BCUT2D eigenvalue weighted by atomic mass is 10.0. The van der Waals surface area contributed by atoms with Crippen LogP contribution in [0.15, 0.2) is 17.5 Å². The molecular weight excluding hydrogens is 288 g/mol. The van der Waals surface area contributed by atoms with E-state index in [9.17, 15) is 5.11 Å². The molecule has 0 bridgehead atoms. The Morgan fingerprint density at radius 3 is 3.10 bits per heavy atom. The summed E-state index contributed by atoms with van der Waals surface area (Å²) < 4.78 is 0. The van der Waals surface area contributed by atoms with E-state index >= 15 is 0 Å². The molecule has 2 aromatic rings. The highest BCUT2D eigenvalue weighted by Gasteiger charge is 2.25. The third-order valence-corrected chi connectivity index (χ3v) is 6.07. The molecule has 0 saturated carbocycles. The van der Waals surface area contributed by atoms with Gasteiger partial charge in [0.25, 0.3) is 0 Å². The Kier molecular flexibility index (Phi) is 4.10. The fourth-order valence-corrected chi connectivity index (χ4v) is 4.63. The predicted molar refractivity (Wildman–Crippen MR) is 85.9 cm³/mol. The number of hydrogen-bond donors (Lipinski definition) is 1. The minimum atomic E-state index is -0.357. The number of aliphatic hydroxyl groups excluding tert-OH is 1. The van der Waals surface area contributed by atoms with Crippen LogP contribution in [0.5, 0.6) is 0 Å². The van der Waals surface area contributed by atoms with Crippen LogP contribution in [0.4, 0.5) is 5.13 Å². The maximum absolute atomic E-state index is 10.0. The number of anilines is 1. The molecule has 0 saturated heterocycles. The summed E-state index contributed by atoms with van der Waals surface area (Å²) in [5.41, 5.74) is 0.923. The second-order valence-electron chi connectivity index (χ2n) is 5.46. The fourth-order valence-electron chi connectivity index (χ4n) is 2.58. The van der Waals surface area contributed by atoms with Crippen LogP contribution in [0.1, 0.15) is 41.3 Å². The molecule has 3 nitrogen and oxygen atoms in total. The quantitative estimate of drug-likeness (QED) is 0.937. The maximum atomic E-state index is 10.0. The van der Waals surface area contributed by atoms with Gasteiger partial charge in [-0.1, -0.05) is 6.07 Å². The van der Waals surface area contributed by atoms with Crippen LogP contribution in [0, 0.1) is 0 Å². The molecule has 5 heteroatoms. The third-order valence-electron chi connectivity index (χ3n) is 3.95. The van der Waals surface area contributed by atoms with Gasteiger partial charge in [0.15, 0.2) is 5.13 Å². The molecule has 108 valence electrons. The highest BCUT2D eigenvalue weighted by molar-refractivity contribution is 7.15. The molecule has 0 aromatic carbocycles. The van der Waals surface area contributed by atoms with Crippen molar-refractivity contribution in [2.24, 2.45) is 0 Å². The van der Waals surface area contributed by atoms with Gasteiger partial charge in [-0.25, -0.2) is 4.98 Å². The standard InChI is InChI=1S/C15H20N2OS2/c1-10(9-11-5-4-8-19-11)17(2)15-16-14-12(18)6-3-7-13(14)20-15/h4-5,8,10,12,18H,3,6-7,9H2,1-2H3. The van der Waals surface area contributed by atoms with Crippen molar-refractivity contribution in [3.8, 4) is 0 Å². The molecule has 1 aliphatic rings. The number of likely N-dealkylation sites (N-methyl/N-ethyl adjacent to an activating group) is 1. The number of aryl methyl sites for hydroxylation is 1. The van der Waals surface area contributed by atoms with Crippen molar-refractivity contribution in [1.29, 1.82) is 0 Å². The minimum Gasteiger partial charge on any atom is -0.387 e. The normalized spacial score (nSPS) is 19.6. The van der Waals surface area contributed by atoms with Crippen LogP contribution in [0.3, 0.4) is 0 Å². The summed E-state index contributed by atoms with van der Waals surface area (Å²) in [5.74, 6) is 0. The van der Waals surface area contributed by atoms with E-state index in [1.807, 2.05) is 11.3 Å². The second-order valence-corrected chi connectivity index (χ2v) is 7.55. The van der Waals surface area contributed by atoms with Crippen molar-refractivity contribution in [2.75, 3.05) is 11.9 Å². The van der Waals surface area contributed by atoms with E-state index < -0.39 is 0 Å². The van der Waals surface area contributed by atoms with Gasteiger partial charge in [-0.2, -0.15) is 0 Å². The Bertz CT molecular complexity index is 564. The monoisotopic (exact) mass is 308 g/mol. The maximum Gasteiger partial charge on any atom is 0.185 e. The number of nitrogens with zero attached hydrogens (tertiary/aromatic N) is 2. The lowest BCUT2D eigenvalue weighted by Crippen LogP contribution is -2.30. The summed E-state index contributed by atoms with van der Waals surface area (Å²) >= 11 is 3.55. The third kappa shape index (κ3) is 2.75. The molecule has 1 N–H and O–H groups in total. The van der Waals surface area contributed by atoms with Crippen LogP contribution in [-0.4, -0.2) is 23.2 Å². The van der Waals surface area contributed by atoms with E-state index in [0.29, 0.717) is 6.04 Å². The molecule has 0 spiro atoms. The van der Waals surface area contributed by atoms with Gasteiger partial charge >= 0.3 is 0 Å². The molecule has 2 heterocycles. The Balaban J connectivity index is 1.75. The van der Waals surface area contributed by atoms with E-state index in [2.05, 4.69) is 41.4 Å². The van der Waals surface area contributed by atoms with Crippen molar-refractivity contribution in [3.63, 3.8) is 0 Å². The van der Waals surface area contributed by atoms with Crippen molar-refractivity contribution in [1.82, 2.24) is 4.98 Å². The molecule has 2 aromatic heterocycles. The van der Waals surface area contributed by atoms with E-state index in [4.69, 9.17) is 0 Å².